The van der Waals surface area contributed by atoms with Gasteiger partial charge in [0.05, 0.1) is 59.6 Å². The number of phosphoric ester groups is 1. The number of benzene rings is 3. The number of alkyl halides is 8. The Balaban J connectivity index is 1.28. The van der Waals surface area contributed by atoms with Crippen molar-refractivity contribution in [2.45, 2.75) is 166 Å². The van der Waals surface area contributed by atoms with Gasteiger partial charge in [-0.2, -0.15) is 45.3 Å². The van der Waals surface area contributed by atoms with Crippen LogP contribution in [0.3, 0.4) is 0 Å². The van der Waals surface area contributed by atoms with Crippen molar-refractivity contribution in [2.24, 2.45) is 5.92 Å². The topological polar surface area (TPSA) is 315 Å². The van der Waals surface area contributed by atoms with Gasteiger partial charge in [0.2, 0.25) is 28.6 Å². The second-order valence-corrected chi connectivity index (χ2v) is 30.7. The van der Waals surface area contributed by atoms with Crippen molar-refractivity contribution in [3.63, 3.8) is 0 Å². The zero-order valence-corrected chi connectivity index (χ0v) is 57.1. The number of rotatable bonds is 27. The molecule has 99 heavy (non-hydrogen) atoms. The van der Waals surface area contributed by atoms with E-state index in [-0.39, 0.29) is 48.9 Å². The molecule has 3 amide bonds. The van der Waals surface area contributed by atoms with E-state index in [1.807, 2.05) is 0 Å². The zero-order chi connectivity index (χ0) is 73.8. The lowest BCUT2D eigenvalue weighted by Gasteiger charge is -2.32. The van der Waals surface area contributed by atoms with Crippen LogP contribution >= 0.6 is 19.4 Å². The number of carboxylic acid groups (broad SMARTS) is 2. The summed E-state index contributed by atoms with van der Waals surface area (Å²) < 4.78 is 233. The first-order valence-corrected chi connectivity index (χ1v) is 34.7. The van der Waals surface area contributed by atoms with Crippen LogP contribution in [0.5, 0.6) is 5.75 Å². The molecule has 2 aliphatic rings. The highest BCUT2D eigenvalue weighted by molar-refractivity contribution is 7.92. The Morgan fingerprint density at radius 2 is 1.51 bits per heavy atom. The second kappa shape index (κ2) is 28.5. The highest BCUT2D eigenvalue weighted by Gasteiger charge is 2.68. The SMILES string of the molecule is CC(C)OP(=O)(Oc1cccc(CC(=O)N[C@@H](CC(=O)O)C(=O)O)c1C(C)(C)CC(=O)N(Cc1nn(CC(F)(F)F)c2c(-c3ccc(C#CC(C)(C)S(C)(=O)=O)nc3[C@H](Cc3cc(F)cc(F)c3)NC(=O)Cn3nc(C(F)(F)F)c4c3C(F)(F)[C@@H]3C[C@H]43)ccc(Cl)c12)[SH](=O)=O)OC(C)C. The second-order valence-electron chi connectivity index (χ2n) is 25.3. The summed E-state index contributed by atoms with van der Waals surface area (Å²) in [5.41, 5.74) is -8.94. The third kappa shape index (κ3) is 17.7. The van der Waals surface area contributed by atoms with E-state index in [1.165, 1.54) is 73.6 Å². The van der Waals surface area contributed by atoms with Gasteiger partial charge >= 0.3 is 32.1 Å². The highest BCUT2D eigenvalue weighted by atomic mass is 35.5. The number of aliphatic carboxylic acids is 2. The number of sulfone groups is 1. The lowest BCUT2D eigenvalue weighted by Crippen LogP contribution is -2.43. The molecule has 2 aliphatic carbocycles. The molecule has 4 atom stereocenters. The predicted molar refractivity (Wildman–Crippen MR) is 334 cm³/mol. The van der Waals surface area contributed by atoms with Crippen LogP contribution in [0, 0.1) is 29.4 Å². The molecule has 536 valence electrons. The average Bonchev–Trinajstić information content (AvgIpc) is 1.52. The van der Waals surface area contributed by atoms with E-state index in [4.69, 9.17) is 25.2 Å². The minimum Gasteiger partial charge on any atom is -0.481 e. The van der Waals surface area contributed by atoms with Crippen LogP contribution in [0.4, 0.5) is 43.9 Å². The van der Waals surface area contributed by atoms with Crippen molar-refractivity contribution in [2.75, 3.05) is 6.26 Å². The van der Waals surface area contributed by atoms with Crippen molar-refractivity contribution < 1.29 is 113 Å². The molecule has 0 unspecified atom stereocenters. The molecular formula is C62H64ClF10N8O15PS2. The quantitative estimate of drug-likeness (QED) is 0.0138. The summed E-state index contributed by atoms with van der Waals surface area (Å²) in [7, 11) is -12.8. The maximum atomic E-state index is 15.8. The molecule has 0 aliphatic heterocycles. The number of hydrogen-bond donors (Lipinski definition) is 5. The number of phosphoric acid groups is 1. The standard InChI is InChI=1S/C62H64ClF10N8O15PS2/c1-30(2)94-97(89,95-31(3)4)96-45-12-10-11-33(22-46(82)76-43(57(87)88)25-49(85)86)52(45)58(5,6)26-48(84)81(98(90)91)27-44-51-41(63)16-15-38(54(51)80(77-44)29-60(66,67)68)37-14-13-36(17-18-59(7,8)99(9,92)93)74-53(37)42(21-32-19-34(64)23-35(65)20-32)75-47(83)28-79-56-50(55(78-79)62(71,72)73)39-24-40(39)61(56,69)70/h10-16,19-20,23,30-31,39-40,42-43,98H,21-22,24-29H2,1-9H3,(H,75,83)(H,76,82)(H,85,86)(H,87,88)/t39-,40+,42-,43-/m0/s1. The number of carbonyl (C=O) groups excluding carboxylic acids is 3. The predicted octanol–water partition coefficient (Wildman–Crippen LogP) is 10.4. The first-order valence-electron chi connectivity index (χ1n) is 29.9. The van der Waals surface area contributed by atoms with Crippen molar-refractivity contribution in [3.8, 4) is 28.7 Å². The first-order chi connectivity index (χ1) is 45.6. The Morgan fingerprint density at radius 1 is 0.879 bits per heavy atom. The van der Waals surface area contributed by atoms with Crippen molar-refractivity contribution in [3.05, 3.63) is 128 Å². The van der Waals surface area contributed by atoms with E-state index in [9.17, 15) is 68.8 Å². The normalized spacial score (nSPS) is 16.1. The van der Waals surface area contributed by atoms with Crippen LogP contribution in [-0.4, -0.2) is 121 Å². The third-order valence-electron chi connectivity index (χ3n) is 15.8. The zero-order valence-electron chi connectivity index (χ0n) is 53.7. The van der Waals surface area contributed by atoms with Gasteiger partial charge in [-0.1, -0.05) is 49.6 Å². The van der Waals surface area contributed by atoms with Gasteiger partial charge in [-0.15, -0.1) is 0 Å². The summed E-state index contributed by atoms with van der Waals surface area (Å²) in [6.45, 7) is 6.40. The molecule has 3 aromatic heterocycles. The summed E-state index contributed by atoms with van der Waals surface area (Å²) in [6.07, 6.45) is -15.2. The summed E-state index contributed by atoms with van der Waals surface area (Å²) >= 11 is 6.85. The van der Waals surface area contributed by atoms with Crippen LogP contribution in [0.25, 0.3) is 22.0 Å². The van der Waals surface area contributed by atoms with Gasteiger partial charge in [-0.25, -0.2) is 44.3 Å². The minimum absolute atomic E-state index is 0.102. The number of halogens is 11. The molecule has 37 heteroatoms. The van der Waals surface area contributed by atoms with Crippen LogP contribution in [-0.2, 0) is 108 Å². The largest absolute Gasteiger partial charge is 0.530 e. The Labute approximate surface area is 565 Å². The fraction of sp³-hybridized carbons (Fsp3) is 0.452. The van der Waals surface area contributed by atoms with Gasteiger partial charge < -0.3 is 25.4 Å². The van der Waals surface area contributed by atoms with E-state index < -0.39 is 230 Å². The molecule has 0 radical (unpaired) electrons. The van der Waals surface area contributed by atoms with Crippen LogP contribution < -0.4 is 15.2 Å². The molecule has 0 spiro atoms. The summed E-state index contributed by atoms with van der Waals surface area (Å²) in [5.74, 6) is -11.5. The van der Waals surface area contributed by atoms with Crippen molar-refractivity contribution in [1.29, 1.82) is 0 Å². The maximum absolute atomic E-state index is 15.8. The summed E-state index contributed by atoms with van der Waals surface area (Å²) in [6, 6.07) is 6.42. The average molecular weight is 1480 g/mol. The summed E-state index contributed by atoms with van der Waals surface area (Å²) in [5, 5.41) is 30.2. The fourth-order valence-corrected chi connectivity index (χ4v) is 14.0. The monoisotopic (exact) mass is 1480 g/mol. The lowest BCUT2D eigenvalue weighted by molar-refractivity contribution is -0.147. The molecule has 8 rings (SSSR count). The number of carbonyl (C=O) groups is 5. The molecule has 0 saturated heterocycles. The van der Waals surface area contributed by atoms with Crippen LogP contribution in [0.1, 0.15) is 137 Å². The number of fused-ring (bicyclic) bond motifs is 4. The Bertz CT molecular complexity index is 4510. The number of amides is 3. The maximum Gasteiger partial charge on any atom is 0.530 e. The van der Waals surface area contributed by atoms with Gasteiger partial charge in [0.1, 0.15) is 52.7 Å². The van der Waals surface area contributed by atoms with Gasteiger partial charge in [0.25, 0.3) is 5.92 Å². The number of nitrogens with one attached hydrogen (secondary N) is 2. The van der Waals surface area contributed by atoms with Gasteiger partial charge in [-0.05, 0) is 114 Å². The van der Waals surface area contributed by atoms with E-state index in [0.29, 0.717) is 10.7 Å². The fourth-order valence-electron chi connectivity index (χ4n) is 11.5. The van der Waals surface area contributed by atoms with E-state index >= 15 is 30.7 Å². The van der Waals surface area contributed by atoms with E-state index in [0.717, 1.165) is 42.7 Å². The molecule has 6 aromatic rings. The molecule has 1 fully saturated rings. The smallest absolute Gasteiger partial charge is 0.481 e. The molecule has 3 heterocycles. The molecule has 4 N–H and O–H groups in total. The molecule has 1 saturated carbocycles. The van der Waals surface area contributed by atoms with Gasteiger partial charge in [0, 0.05) is 57.7 Å². The highest BCUT2D eigenvalue weighted by Crippen LogP contribution is 2.68. The number of hydrogen-bond acceptors (Lipinski definition) is 16. The molecule has 0 bridgehead atoms. The lowest BCUT2D eigenvalue weighted by atomic mass is 9.77. The van der Waals surface area contributed by atoms with Crippen molar-refractivity contribution in [1.82, 2.24) is 39.5 Å². The van der Waals surface area contributed by atoms with E-state index in [1.54, 1.807) is 0 Å². The number of thiol groups is 1. The molecule has 23 nitrogen and oxygen atoms in total. The Morgan fingerprint density at radius 3 is 2.07 bits per heavy atom. The van der Waals surface area contributed by atoms with Crippen LogP contribution in [0.2, 0.25) is 5.02 Å². The van der Waals surface area contributed by atoms with Crippen LogP contribution in [0.15, 0.2) is 60.7 Å². The van der Waals surface area contributed by atoms with Gasteiger partial charge in [-0.3, -0.25) is 37.6 Å². The minimum atomic E-state index is -5.28. The first kappa shape index (κ1) is 76.6. The van der Waals surface area contributed by atoms with Gasteiger partial charge in [0.15, 0.2) is 15.5 Å². The number of pyridine rings is 1. The summed E-state index contributed by atoms with van der Waals surface area (Å²) in [4.78, 5) is 71.0. The number of carboxylic acids is 2. The Kier molecular flexibility index (Phi) is 22.0. The van der Waals surface area contributed by atoms with Crippen molar-refractivity contribution >= 4 is 80.7 Å². The third-order valence-corrected chi connectivity index (χ3v) is 20.6. The number of nitrogens with zero attached hydrogens (tertiary/aromatic N) is 6. The molecule has 3 aromatic carbocycles. The molecular weight excluding hydrogens is 1420 g/mol. The Hall–Kier alpha value is -8.16. The van der Waals surface area contributed by atoms with E-state index in [2.05, 4.69) is 37.7 Å². The number of aromatic nitrogens is 5.